The minimum absolute atomic E-state index is 0.0227. The molecule has 2 nitrogen and oxygen atoms in total. The minimum Gasteiger partial charge on any atom is -0.383 e. The van der Waals surface area contributed by atoms with Crippen LogP contribution in [0.2, 0.25) is 0 Å². The first-order valence-corrected chi connectivity index (χ1v) is 15.3. The summed E-state index contributed by atoms with van der Waals surface area (Å²) in [6, 6.07) is 0. The first-order chi connectivity index (χ1) is 18.6. The van der Waals surface area contributed by atoms with Gasteiger partial charge in [-0.1, -0.05) is 82.2 Å². The number of hydrogen-bond acceptors (Lipinski definition) is 1. The van der Waals surface area contributed by atoms with Gasteiger partial charge in [-0.05, 0) is 97.2 Å². The van der Waals surface area contributed by atoms with Gasteiger partial charge in [0.15, 0.2) is 0 Å². The zero-order chi connectivity index (χ0) is 29.7. The molecule has 0 radical (unpaired) electrons. The Balaban J connectivity index is 1.98. The van der Waals surface area contributed by atoms with Gasteiger partial charge >= 0.3 is 0 Å². The molecule has 1 aliphatic heterocycles. The Labute approximate surface area is 246 Å². The number of rotatable bonds is 4. The summed E-state index contributed by atoms with van der Waals surface area (Å²) in [5, 5.41) is 0. The van der Waals surface area contributed by atoms with Crippen molar-refractivity contribution in [3.05, 3.63) is 106 Å². The van der Waals surface area contributed by atoms with Gasteiger partial charge in [0, 0.05) is 30.8 Å². The molecule has 0 aromatic rings. The molecule has 0 aromatic heterocycles. The molecule has 3 aliphatic carbocycles. The summed E-state index contributed by atoms with van der Waals surface area (Å²) in [5.41, 5.74) is 10.3. The maximum absolute atomic E-state index is 2.62. The van der Waals surface area contributed by atoms with Crippen LogP contribution in [0.5, 0.6) is 0 Å². The van der Waals surface area contributed by atoms with Gasteiger partial charge in [0.1, 0.15) is 6.54 Å². The highest BCUT2D eigenvalue weighted by atomic mass is 15.3. The monoisotopic (exact) mass is 539 g/mol. The number of nitrogens with zero attached hydrogens (tertiary/aromatic N) is 2. The number of likely N-dealkylation sites (N-methyl/N-ethyl adjacent to an activating group) is 1. The summed E-state index contributed by atoms with van der Waals surface area (Å²) in [4.78, 5) is 2.12. The van der Waals surface area contributed by atoms with E-state index in [-0.39, 0.29) is 16.2 Å². The molecule has 4 rings (SSSR count). The molecular weight excluding hydrogens is 484 g/mol. The molecule has 1 heterocycles. The van der Waals surface area contributed by atoms with Gasteiger partial charge in [-0.3, -0.25) is 4.48 Å². The minimum atomic E-state index is -0.103. The third kappa shape index (κ3) is 5.25. The normalized spacial score (nSPS) is 34.2. The maximum Gasteiger partial charge on any atom is 0.102 e. The lowest BCUT2D eigenvalue weighted by Crippen LogP contribution is -2.54. The van der Waals surface area contributed by atoms with Crippen LogP contribution in [0.1, 0.15) is 68.2 Å². The van der Waals surface area contributed by atoms with E-state index in [0.717, 1.165) is 17.4 Å². The van der Waals surface area contributed by atoms with Crippen molar-refractivity contribution in [3.8, 4) is 0 Å². The summed E-state index contributed by atoms with van der Waals surface area (Å²) in [7, 11) is 8.76. The Morgan fingerprint density at radius 1 is 1.05 bits per heavy atom. The molecule has 0 aromatic carbocycles. The molecule has 216 valence electrons. The van der Waals surface area contributed by atoms with Gasteiger partial charge in [-0.15, -0.1) is 0 Å². The van der Waals surface area contributed by atoms with Crippen molar-refractivity contribution < 1.29 is 4.48 Å². The summed E-state index contributed by atoms with van der Waals surface area (Å²) in [6.07, 6.45) is 29.0. The van der Waals surface area contributed by atoms with E-state index in [0.29, 0.717) is 11.8 Å². The van der Waals surface area contributed by atoms with Crippen LogP contribution in [0.15, 0.2) is 106 Å². The zero-order valence-electron chi connectivity index (χ0n) is 27.5. The lowest BCUT2D eigenvalue weighted by molar-refractivity contribution is -0.833. The molecule has 0 amide bonds. The van der Waals surface area contributed by atoms with E-state index in [1.54, 1.807) is 5.57 Å². The third-order valence-electron chi connectivity index (χ3n) is 10.4. The fourth-order valence-electron chi connectivity index (χ4n) is 7.58. The van der Waals surface area contributed by atoms with Crippen LogP contribution in [-0.4, -0.2) is 44.1 Å². The number of hydrogen-bond donors (Lipinski definition) is 0. The van der Waals surface area contributed by atoms with Crippen molar-refractivity contribution in [2.45, 2.75) is 68.2 Å². The molecule has 0 spiro atoms. The van der Waals surface area contributed by atoms with Crippen LogP contribution in [0.4, 0.5) is 0 Å². The summed E-state index contributed by atoms with van der Waals surface area (Å²) in [5.74, 6) is 0.993. The first kappa shape index (κ1) is 30.4. The Morgan fingerprint density at radius 2 is 1.75 bits per heavy atom. The van der Waals surface area contributed by atoms with Gasteiger partial charge in [0.25, 0.3) is 0 Å². The van der Waals surface area contributed by atoms with Crippen molar-refractivity contribution >= 4 is 0 Å². The second-order valence-electron chi connectivity index (χ2n) is 14.8. The molecule has 40 heavy (non-hydrogen) atoms. The van der Waals surface area contributed by atoms with Gasteiger partial charge in [-0.25, -0.2) is 0 Å². The van der Waals surface area contributed by atoms with E-state index in [4.69, 9.17) is 0 Å². The molecule has 0 bridgehead atoms. The Hall–Kier alpha value is -2.58. The second kappa shape index (κ2) is 10.7. The highest BCUT2D eigenvalue weighted by Gasteiger charge is 2.61. The Bertz CT molecular complexity index is 1310. The number of quaternary nitrogens is 1. The Morgan fingerprint density at radius 3 is 2.30 bits per heavy atom. The molecule has 0 N–H and O–H groups in total. The van der Waals surface area contributed by atoms with Crippen LogP contribution < -0.4 is 0 Å². The Kier molecular flexibility index (Phi) is 8.11. The van der Waals surface area contributed by atoms with Crippen LogP contribution in [0.3, 0.4) is 0 Å². The summed E-state index contributed by atoms with van der Waals surface area (Å²) in [6.45, 7) is 20.1. The van der Waals surface area contributed by atoms with E-state index in [2.05, 4.69) is 156 Å². The molecule has 1 saturated carbocycles. The van der Waals surface area contributed by atoms with E-state index >= 15 is 0 Å². The highest BCUT2D eigenvalue weighted by molar-refractivity contribution is 5.59. The topological polar surface area (TPSA) is 3.24 Å². The van der Waals surface area contributed by atoms with E-state index in [9.17, 15) is 0 Å². The predicted octanol–water partition coefficient (Wildman–Crippen LogP) is 9.32. The average Bonchev–Trinajstić information content (AvgIpc) is 2.86. The van der Waals surface area contributed by atoms with Crippen LogP contribution in [-0.2, 0) is 0 Å². The molecular formula is C38H55N2+. The van der Waals surface area contributed by atoms with Gasteiger partial charge in [0.2, 0.25) is 0 Å². The molecule has 4 atom stereocenters. The fraction of sp³-hybridized carbons (Fsp3) is 0.526. The quantitative estimate of drug-likeness (QED) is 0.254. The predicted molar refractivity (Wildman–Crippen MR) is 174 cm³/mol. The third-order valence-corrected chi connectivity index (χ3v) is 10.4. The lowest BCUT2D eigenvalue weighted by atomic mass is 9.40. The fourth-order valence-corrected chi connectivity index (χ4v) is 7.58. The van der Waals surface area contributed by atoms with Crippen molar-refractivity contribution in [2.24, 2.45) is 28.1 Å². The van der Waals surface area contributed by atoms with E-state index in [1.165, 1.54) is 39.9 Å². The maximum atomic E-state index is 2.62. The summed E-state index contributed by atoms with van der Waals surface area (Å²) < 4.78 is 0.919. The van der Waals surface area contributed by atoms with Gasteiger partial charge in [0.05, 0.1) is 20.3 Å². The van der Waals surface area contributed by atoms with Crippen molar-refractivity contribution in [3.63, 3.8) is 0 Å². The average molecular weight is 540 g/mol. The number of fused-ring (bicyclic) bond motifs is 3. The lowest BCUT2D eigenvalue weighted by Gasteiger charge is -2.62. The molecule has 4 unspecified atom stereocenters. The van der Waals surface area contributed by atoms with E-state index < -0.39 is 0 Å². The first-order valence-electron chi connectivity index (χ1n) is 15.3. The molecule has 0 saturated heterocycles. The van der Waals surface area contributed by atoms with Gasteiger partial charge < -0.3 is 4.90 Å². The molecule has 4 aliphatic rings. The standard InChI is InChI=1S/C38H55N2/c1-13-28(15-18-39(9)10)23-32-21-27(3)22-33-25-34(29-16-19-40(11,12)20-17-29)35-26-31(36(4,5)6)24-30(14-2)38(35,8)37(32,33)7/h13-19,21,23-24,26,33-34H,20,22,25H2,1-12H3/q+1/b18-15-,28-13+,30-14-,32-23+. The largest absolute Gasteiger partial charge is 0.383 e. The van der Waals surface area contributed by atoms with Gasteiger partial charge in [-0.2, -0.15) is 0 Å². The van der Waals surface area contributed by atoms with Crippen molar-refractivity contribution in [2.75, 3.05) is 34.7 Å². The smallest absolute Gasteiger partial charge is 0.102 e. The van der Waals surface area contributed by atoms with E-state index in [1.807, 2.05) is 0 Å². The van der Waals surface area contributed by atoms with Crippen LogP contribution in [0, 0.1) is 28.1 Å². The van der Waals surface area contributed by atoms with Crippen LogP contribution >= 0.6 is 0 Å². The highest BCUT2D eigenvalue weighted by Crippen LogP contribution is 2.69. The zero-order valence-corrected chi connectivity index (χ0v) is 27.5. The van der Waals surface area contributed by atoms with Crippen molar-refractivity contribution in [1.82, 2.24) is 4.90 Å². The van der Waals surface area contributed by atoms with Crippen LogP contribution in [0.25, 0.3) is 0 Å². The number of allylic oxidation sites excluding steroid dienone is 15. The SMILES string of the molecule is C/C=C(\C=C/N(C)C)/C=C1\C=C(C)CC2CC(C3=CC[N+](C)(C)C=C3)C3=CC(C(C)(C)C)=C/C(=C/C)C3(C)C12C. The summed E-state index contributed by atoms with van der Waals surface area (Å²) >= 11 is 0. The second-order valence-corrected chi connectivity index (χ2v) is 14.8. The van der Waals surface area contributed by atoms with Crippen molar-refractivity contribution in [1.29, 1.82) is 0 Å². The molecule has 2 heteroatoms. The molecule has 1 fully saturated rings.